The number of sulfone groups is 1. The molecule has 1 aromatic rings. The highest BCUT2D eigenvalue weighted by Gasteiger charge is 2.11. The van der Waals surface area contributed by atoms with E-state index in [1.54, 1.807) is 11.6 Å². The molecule has 0 saturated heterocycles. The van der Waals surface area contributed by atoms with E-state index in [4.69, 9.17) is 5.73 Å². The van der Waals surface area contributed by atoms with Crippen molar-refractivity contribution in [2.24, 2.45) is 7.05 Å². The van der Waals surface area contributed by atoms with Gasteiger partial charge in [0, 0.05) is 18.6 Å². The molecule has 0 aliphatic heterocycles. The fourth-order valence-corrected chi connectivity index (χ4v) is 3.87. The van der Waals surface area contributed by atoms with E-state index in [-0.39, 0.29) is 11.5 Å². The number of nitrogen functional groups attached to an aromatic ring is 1. The monoisotopic (exact) mass is 264 g/mol. The van der Waals surface area contributed by atoms with Gasteiger partial charge in [-0.15, -0.1) is 10.2 Å². The van der Waals surface area contributed by atoms with Crippen LogP contribution in [0, 0.1) is 0 Å². The lowest BCUT2D eigenvalue weighted by Gasteiger charge is -2.02. The molecule has 16 heavy (non-hydrogen) atoms. The quantitative estimate of drug-likeness (QED) is 0.744. The number of rotatable bonds is 6. The van der Waals surface area contributed by atoms with Crippen molar-refractivity contribution in [2.75, 3.05) is 23.0 Å². The van der Waals surface area contributed by atoms with Crippen LogP contribution >= 0.6 is 11.8 Å². The summed E-state index contributed by atoms with van der Waals surface area (Å²) in [7, 11) is -1.17. The van der Waals surface area contributed by atoms with Crippen molar-refractivity contribution in [1.29, 1.82) is 0 Å². The number of aromatic nitrogens is 3. The number of nitrogens with zero attached hydrogens (tertiary/aromatic N) is 3. The number of thioether (sulfide) groups is 1. The Morgan fingerprint density at radius 1 is 1.38 bits per heavy atom. The van der Waals surface area contributed by atoms with E-state index in [2.05, 4.69) is 10.2 Å². The average molecular weight is 264 g/mol. The zero-order valence-electron chi connectivity index (χ0n) is 9.38. The van der Waals surface area contributed by atoms with Crippen LogP contribution in [0.15, 0.2) is 5.16 Å². The molecule has 0 spiro atoms. The summed E-state index contributed by atoms with van der Waals surface area (Å²) in [6.45, 7) is 1.86. The molecule has 0 aromatic carbocycles. The minimum Gasteiger partial charge on any atom is -0.368 e. The summed E-state index contributed by atoms with van der Waals surface area (Å²) in [5, 5.41) is 8.17. The summed E-state index contributed by atoms with van der Waals surface area (Å²) < 4.78 is 24.5. The van der Waals surface area contributed by atoms with Gasteiger partial charge in [-0.3, -0.25) is 4.57 Å². The Morgan fingerprint density at radius 3 is 2.56 bits per heavy atom. The number of nitrogens with two attached hydrogens (primary N) is 1. The zero-order valence-corrected chi connectivity index (χ0v) is 11.0. The molecular formula is C8H16N4O2S2. The fourth-order valence-electron chi connectivity index (χ4n) is 1.12. The van der Waals surface area contributed by atoms with Crippen LogP contribution in [0.5, 0.6) is 0 Å². The van der Waals surface area contributed by atoms with Gasteiger partial charge in [-0.05, 0) is 6.42 Å². The summed E-state index contributed by atoms with van der Waals surface area (Å²) in [6, 6.07) is 0. The number of anilines is 1. The second-order valence-corrected chi connectivity index (χ2v) is 6.77. The van der Waals surface area contributed by atoms with E-state index in [1.165, 1.54) is 11.8 Å². The lowest BCUT2D eigenvalue weighted by atomic mass is 10.6. The standard InChI is InChI=1S/C8H16N4O2S2/c1-3-5-16(13,14)6-4-15-8-11-10-7(9)12(8)2/h3-6H2,1-2H3,(H2,9,10). The van der Waals surface area contributed by atoms with Crippen LogP contribution in [0.25, 0.3) is 0 Å². The van der Waals surface area contributed by atoms with Crippen LogP contribution in [0.4, 0.5) is 5.95 Å². The van der Waals surface area contributed by atoms with Gasteiger partial charge in [0.1, 0.15) is 0 Å². The lowest BCUT2D eigenvalue weighted by molar-refractivity contribution is 0.596. The Kier molecular flexibility index (Phi) is 4.60. The minimum absolute atomic E-state index is 0.165. The highest BCUT2D eigenvalue weighted by atomic mass is 32.2. The summed E-state index contributed by atoms with van der Waals surface area (Å²) in [4.78, 5) is 0. The normalized spacial score (nSPS) is 11.9. The van der Waals surface area contributed by atoms with Crippen molar-refractivity contribution >= 4 is 27.5 Å². The van der Waals surface area contributed by atoms with Gasteiger partial charge in [-0.1, -0.05) is 18.7 Å². The summed E-state index contributed by atoms with van der Waals surface area (Å²) >= 11 is 1.35. The van der Waals surface area contributed by atoms with Gasteiger partial charge in [0.15, 0.2) is 15.0 Å². The molecular weight excluding hydrogens is 248 g/mol. The van der Waals surface area contributed by atoms with Gasteiger partial charge in [0.25, 0.3) is 0 Å². The Labute approximate surface area is 99.5 Å². The van der Waals surface area contributed by atoms with Crippen molar-refractivity contribution < 1.29 is 8.42 Å². The Morgan fingerprint density at radius 2 is 2.06 bits per heavy atom. The van der Waals surface area contributed by atoms with Crippen molar-refractivity contribution in [1.82, 2.24) is 14.8 Å². The Hall–Kier alpha value is -0.760. The highest BCUT2D eigenvalue weighted by Crippen LogP contribution is 2.16. The van der Waals surface area contributed by atoms with Crippen molar-refractivity contribution in [3.8, 4) is 0 Å². The maximum atomic E-state index is 11.4. The predicted molar refractivity (Wildman–Crippen MR) is 65.1 cm³/mol. The molecule has 0 fully saturated rings. The Bertz CT molecular complexity index is 441. The Balaban J connectivity index is 2.45. The van der Waals surface area contributed by atoms with E-state index in [0.717, 1.165) is 0 Å². The summed E-state index contributed by atoms with van der Waals surface area (Å²) in [5.41, 5.74) is 5.50. The zero-order chi connectivity index (χ0) is 12.2. The number of hydrogen-bond donors (Lipinski definition) is 1. The molecule has 0 atom stereocenters. The molecule has 2 N–H and O–H groups in total. The van der Waals surface area contributed by atoms with Crippen LogP contribution in [0.2, 0.25) is 0 Å². The fraction of sp³-hybridized carbons (Fsp3) is 0.750. The summed E-state index contributed by atoms with van der Waals surface area (Å²) in [6.07, 6.45) is 0.657. The van der Waals surface area contributed by atoms with Gasteiger partial charge in [0.2, 0.25) is 5.95 Å². The van der Waals surface area contributed by atoms with Crippen LogP contribution in [-0.2, 0) is 16.9 Å². The van der Waals surface area contributed by atoms with Gasteiger partial charge < -0.3 is 5.73 Å². The first-order chi connectivity index (χ1) is 7.46. The molecule has 0 radical (unpaired) electrons. The van der Waals surface area contributed by atoms with Gasteiger partial charge in [0.05, 0.1) is 5.75 Å². The van der Waals surface area contributed by atoms with E-state index >= 15 is 0 Å². The van der Waals surface area contributed by atoms with Crippen molar-refractivity contribution in [2.45, 2.75) is 18.5 Å². The highest BCUT2D eigenvalue weighted by molar-refractivity contribution is 8.00. The third kappa shape index (κ3) is 3.67. The van der Waals surface area contributed by atoms with E-state index in [1.807, 2.05) is 6.92 Å². The SMILES string of the molecule is CCCS(=O)(=O)CCSc1nnc(N)n1C. The molecule has 6 nitrogen and oxygen atoms in total. The van der Waals surface area contributed by atoms with Gasteiger partial charge in [-0.2, -0.15) is 0 Å². The van der Waals surface area contributed by atoms with E-state index < -0.39 is 9.84 Å². The molecule has 0 aliphatic rings. The minimum atomic E-state index is -2.92. The van der Waals surface area contributed by atoms with Crippen LogP contribution < -0.4 is 5.73 Å². The third-order valence-electron chi connectivity index (χ3n) is 2.01. The first-order valence-corrected chi connectivity index (χ1v) is 7.75. The number of hydrogen-bond acceptors (Lipinski definition) is 6. The molecule has 92 valence electrons. The first-order valence-electron chi connectivity index (χ1n) is 4.94. The first kappa shape index (κ1) is 13.3. The van der Waals surface area contributed by atoms with Crippen LogP contribution in [0.1, 0.15) is 13.3 Å². The summed E-state index contributed by atoms with van der Waals surface area (Å²) in [5.74, 6) is 1.22. The van der Waals surface area contributed by atoms with Crippen LogP contribution in [0.3, 0.4) is 0 Å². The molecule has 0 saturated carbocycles. The van der Waals surface area contributed by atoms with Gasteiger partial charge >= 0.3 is 0 Å². The molecule has 8 heteroatoms. The molecule has 1 heterocycles. The molecule has 0 bridgehead atoms. The lowest BCUT2D eigenvalue weighted by Crippen LogP contribution is -2.12. The second-order valence-electron chi connectivity index (χ2n) is 3.40. The van der Waals surface area contributed by atoms with Crippen LogP contribution in [-0.4, -0.2) is 40.4 Å². The molecule has 0 aliphatic carbocycles. The maximum absolute atomic E-state index is 11.4. The maximum Gasteiger partial charge on any atom is 0.222 e. The molecule has 0 amide bonds. The second kappa shape index (κ2) is 5.53. The average Bonchev–Trinajstić information content (AvgIpc) is 2.49. The van der Waals surface area contributed by atoms with Gasteiger partial charge in [-0.25, -0.2) is 8.42 Å². The smallest absolute Gasteiger partial charge is 0.222 e. The third-order valence-corrected chi connectivity index (χ3v) is 5.15. The van der Waals surface area contributed by atoms with Crippen molar-refractivity contribution in [3.05, 3.63) is 0 Å². The van der Waals surface area contributed by atoms with E-state index in [0.29, 0.717) is 23.3 Å². The molecule has 1 rings (SSSR count). The van der Waals surface area contributed by atoms with E-state index in [9.17, 15) is 8.42 Å². The largest absolute Gasteiger partial charge is 0.368 e. The molecule has 1 aromatic heterocycles. The predicted octanol–water partition coefficient (Wildman–Crippen LogP) is 0.314. The topological polar surface area (TPSA) is 90.9 Å². The molecule has 0 unspecified atom stereocenters. The van der Waals surface area contributed by atoms with Crippen molar-refractivity contribution in [3.63, 3.8) is 0 Å².